The second-order valence-electron chi connectivity index (χ2n) is 7.21. The van der Waals surface area contributed by atoms with E-state index in [0.29, 0.717) is 25.9 Å². The second kappa shape index (κ2) is 7.20. The predicted octanol–water partition coefficient (Wildman–Crippen LogP) is 3.72. The fourth-order valence-electron chi connectivity index (χ4n) is 2.61. The summed E-state index contributed by atoms with van der Waals surface area (Å²) in [6.07, 6.45) is 0.725. The Kier molecular flexibility index (Phi) is 5.47. The highest BCUT2D eigenvalue weighted by atomic mass is 19.1. The van der Waals surface area contributed by atoms with Gasteiger partial charge in [0.05, 0.1) is 5.69 Å². The number of aryl methyl sites for hydroxylation is 1. The van der Waals surface area contributed by atoms with E-state index >= 15 is 0 Å². The van der Waals surface area contributed by atoms with Crippen molar-refractivity contribution < 1.29 is 18.7 Å². The van der Waals surface area contributed by atoms with Crippen LogP contribution in [0.15, 0.2) is 18.2 Å². The molecule has 1 N–H and O–H groups in total. The number of ether oxygens (including phenoxy) is 1. The summed E-state index contributed by atoms with van der Waals surface area (Å²) in [6.45, 7) is 8.18. The molecule has 1 aromatic rings. The van der Waals surface area contributed by atoms with Crippen molar-refractivity contribution in [1.29, 1.82) is 0 Å². The second-order valence-corrected chi connectivity index (χ2v) is 7.21. The summed E-state index contributed by atoms with van der Waals surface area (Å²) in [5, 5.41) is 2.64. The van der Waals surface area contributed by atoms with Gasteiger partial charge in [-0.25, -0.2) is 9.18 Å². The van der Waals surface area contributed by atoms with Gasteiger partial charge in [-0.2, -0.15) is 0 Å². The van der Waals surface area contributed by atoms with E-state index in [4.69, 9.17) is 4.74 Å². The van der Waals surface area contributed by atoms with Gasteiger partial charge < -0.3 is 15.0 Å². The van der Waals surface area contributed by atoms with E-state index in [2.05, 4.69) is 5.32 Å². The Morgan fingerprint density at radius 1 is 1.25 bits per heavy atom. The van der Waals surface area contributed by atoms with Gasteiger partial charge in [0, 0.05) is 19.0 Å². The van der Waals surface area contributed by atoms with Crippen LogP contribution in [0.1, 0.15) is 39.2 Å². The third-order valence-electron chi connectivity index (χ3n) is 3.90. The SMILES string of the molecule is Cc1ccc(NC(=O)C2CCN(C(=O)OC(C)(C)C)CC2)c(F)c1. The van der Waals surface area contributed by atoms with Crippen LogP contribution in [-0.2, 0) is 9.53 Å². The summed E-state index contributed by atoms with van der Waals surface area (Å²) in [4.78, 5) is 25.9. The van der Waals surface area contributed by atoms with Crippen molar-refractivity contribution in [3.05, 3.63) is 29.6 Å². The van der Waals surface area contributed by atoms with Crippen LogP contribution < -0.4 is 5.32 Å². The number of carbonyl (C=O) groups is 2. The molecule has 1 saturated heterocycles. The number of piperidine rings is 1. The molecule has 1 aliphatic heterocycles. The van der Waals surface area contributed by atoms with Crippen molar-refractivity contribution >= 4 is 17.7 Å². The Hall–Kier alpha value is -2.11. The van der Waals surface area contributed by atoms with E-state index in [9.17, 15) is 14.0 Å². The maximum atomic E-state index is 13.8. The number of anilines is 1. The topological polar surface area (TPSA) is 58.6 Å². The molecule has 6 heteroatoms. The summed E-state index contributed by atoms with van der Waals surface area (Å²) >= 11 is 0. The summed E-state index contributed by atoms with van der Waals surface area (Å²) < 4.78 is 19.2. The van der Waals surface area contributed by atoms with E-state index in [1.807, 2.05) is 20.8 Å². The Labute approximate surface area is 142 Å². The number of likely N-dealkylation sites (tertiary alicyclic amines) is 1. The lowest BCUT2D eigenvalue weighted by atomic mass is 9.96. The number of nitrogens with one attached hydrogen (secondary N) is 1. The number of hydrogen-bond acceptors (Lipinski definition) is 3. The largest absolute Gasteiger partial charge is 0.444 e. The average Bonchev–Trinajstić information content (AvgIpc) is 2.48. The molecule has 0 radical (unpaired) electrons. The Balaban J connectivity index is 1.87. The van der Waals surface area contributed by atoms with Crippen LogP contribution in [0.4, 0.5) is 14.9 Å². The minimum Gasteiger partial charge on any atom is -0.444 e. The Morgan fingerprint density at radius 2 is 1.88 bits per heavy atom. The van der Waals surface area contributed by atoms with Crippen LogP contribution in [0.3, 0.4) is 0 Å². The maximum Gasteiger partial charge on any atom is 0.410 e. The molecule has 24 heavy (non-hydrogen) atoms. The van der Waals surface area contributed by atoms with E-state index < -0.39 is 11.4 Å². The number of benzene rings is 1. The van der Waals surface area contributed by atoms with E-state index in [0.717, 1.165) is 5.56 Å². The summed E-state index contributed by atoms with van der Waals surface area (Å²) in [5.74, 6) is -0.875. The zero-order valence-corrected chi connectivity index (χ0v) is 14.7. The Bertz CT molecular complexity index is 617. The van der Waals surface area contributed by atoms with Crippen molar-refractivity contribution in [3.63, 3.8) is 0 Å². The van der Waals surface area contributed by atoms with Gasteiger partial charge in [-0.15, -0.1) is 0 Å². The summed E-state index contributed by atoms with van der Waals surface area (Å²) in [7, 11) is 0. The molecule has 132 valence electrons. The highest BCUT2D eigenvalue weighted by Crippen LogP contribution is 2.22. The van der Waals surface area contributed by atoms with Crippen LogP contribution >= 0.6 is 0 Å². The molecule has 1 aliphatic rings. The first kappa shape index (κ1) is 18.2. The molecular formula is C18H25FN2O3. The van der Waals surface area contributed by atoms with Crippen LogP contribution in [0, 0.1) is 18.7 Å². The summed E-state index contributed by atoms with van der Waals surface area (Å²) in [6, 6.07) is 4.71. The number of nitrogens with zero attached hydrogens (tertiary/aromatic N) is 1. The maximum absolute atomic E-state index is 13.8. The number of halogens is 1. The van der Waals surface area contributed by atoms with Crippen molar-refractivity contribution in [2.24, 2.45) is 5.92 Å². The van der Waals surface area contributed by atoms with Gasteiger partial charge in [-0.1, -0.05) is 6.07 Å². The number of amides is 2. The third-order valence-corrected chi connectivity index (χ3v) is 3.90. The Morgan fingerprint density at radius 3 is 2.42 bits per heavy atom. The first-order valence-electron chi connectivity index (χ1n) is 8.20. The number of carbonyl (C=O) groups excluding carboxylic acids is 2. The van der Waals surface area contributed by atoms with Gasteiger partial charge in [-0.3, -0.25) is 4.79 Å². The fraction of sp³-hybridized carbons (Fsp3) is 0.556. The molecule has 0 aliphatic carbocycles. The molecule has 1 aromatic carbocycles. The molecular weight excluding hydrogens is 311 g/mol. The van der Waals surface area contributed by atoms with Gasteiger partial charge in [0.1, 0.15) is 11.4 Å². The van der Waals surface area contributed by atoms with E-state index in [1.165, 1.54) is 6.07 Å². The van der Waals surface area contributed by atoms with Gasteiger partial charge in [0.15, 0.2) is 0 Å². The quantitative estimate of drug-likeness (QED) is 0.895. The monoisotopic (exact) mass is 336 g/mol. The molecule has 2 amide bonds. The third kappa shape index (κ3) is 4.94. The highest BCUT2D eigenvalue weighted by molar-refractivity contribution is 5.92. The van der Waals surface area contributed by atoms with Crippen molar-refractivity contribution in [2.75, 3.05) is 18.4 Å². The van der Waals surface area contributed by atoms with Gasteiger partial charge in [0.25, 0.3) is 0 Å². The van der Waals surface area contributed by atoms with Crippen molar-refractivity contribution in [1.82, 2.24) is 4.90 Å². The van der Waals surface area contributed by atoms with E-state index in [1.54, 1.807) is 24.0 Å². The van der Waals surface area contributed by atoms with E-state index in [-0.39, 0.29) is 23.6 Å². The van der Waals surface area contributed by atoms with Crippen molar-refractivity contribution in [3.8, 4) is 0 Å². The number of hydrogen-bond donors (Lipinski definition) is 1. The standard InChI is InChI=1S/C18H25FN2O3/c1-12-5-6-15(14(19)11-12)20-16(22)13-7-9-21(10-8-13)17(23)24-18(2,3)4/h5-6,11,13H,7-10H2,1-4H3,(H,20,22). The lowest BCUT2D eigenvalue weighted by molar-refractivity contribution is -0.121. The molecule has 0 atom stereocenters. The number of rotatable bonds is 2. The molecule has 0 spiro atoms. The minimum atomic E-state index is -0.533. The van der Waals surface area contributed by atoms with Crippen LogP contribution in [-0.4, -0.2) is 35.6 Å². The highest BCUT2D eigenvalue weighted by Gasteiger charge is 2.30. The van der Waals surface area contributed by atoms with Gasteiger partial charge in [0.2, 0.25) is 5.91 Å². The molecule has 5 nitrogen and oxygen atoms in total. The first-order valence-corrected chi connectivity index (χ1v) is 8.20. The molecule has 0 unspecified atom stereocenters. The summed E-state index contributed by atoms with van der Waals surface area (Å²) in [5.41, 5.74) is 0.463. The van der Waals surface area contributed by atoms with Crippen LogP contribution in [0.5, 0.6) is 0 Å². The first-order chi connectivity index (χ1) is 11.2. The normalized spacial score (nSPS) is 16.0. The smallest absolute Gasteiger partial charge is 0.410 e. The lowest BCUT2D eigenvalue weighted by Gasteiger charge is -2.32. The predicted molar refractivity (Wildman–Crippen MR) is 90.3 cm³/mol. The van der Waals surface area contributed by atoms with Crippen LogP contribution in [0.25, 0.3) is 0 Å². The molecule has 1 fully saturated rings. The fourth-order valence-corrected chi connectivity index (χ4v) is 2.61. The van der Waals surface area contributed by atoms with Gasteiger partial charge in [-0.05, 0) is 58.2 Å². The molecule has 0 saturated carbocycles. The van der Waals surface area contributed by atoms with Crippen molar-refractivity contribution in [2.45, 2.75) is 46.1 Å². The molecule has 0 bridgehead atoms. The zero-order chi connectivity index (χ0) is 17.9. The molecule has 2 rings (SSSR count). The lowest BCUT2D eigenvalue weighted by Crippen LogP contribution is -2.43. The minimum absolute atomic E-state index is 0.195. The molecule has 1 heterocycles. The van der Waals surface area contributed by atoms with Gasteiger partial charge >= 0.3 is 6.09 Å². The zero-order valence-electron chi connectivity index (χ0n) is 14.7. The average molecular weight is 336 g/mol. The van der Waals surface area contributed by atoms with Crippen LogP contribution in [0.2, 0.25) is 0 Å². The molecule has 0 aromatic heterocycles.